The number of piperazine rings is 1. The number of hydrogen-bond donors (Lipinski definition) is 2. The zero-order valence-corrected chi connectivity index (χ0v) is 18.4. The summed E-state index contributed by atoms with van der Waals surface area (Å²) in [6.45, 7) is 14.0. The predicted octanol–water partition coefficient (Wildman–Crippen LogP) is 1.21. The summed E-state index contributed by atoms with van der Waals surface area (Å²) in [6, 6.07) is 10.7. The highest BCUT2D eigenvalue weighted by Gasteiger charge is 2.16. The molecule has 2 heterocycles. The van der Waals surface area contributed by atoms with Gasteiger partial charge in [0.1, 0.15) is 12.2 Å². The summed E-state index contributed by atoms with van der Waals surface area (Å²) in [4.78, 5) is 9.81. The molecule has 1 aliphatic rings. The van der Waals surface area contributed by atoms with Crippen LogP contribution in [0.4, 0.5) is 0 Å². The van der Waals surface area contributed by atoms with Crippen molar-refractivity contribution in [3.8, 4) is 0 Å². The van der Waals surface area contributed by atoms with Gasteiger partial charge in [-0.25, -0.2) is 0 Å². The Balaban J connectivity index is 1.36. The summed E-state index contributed by atoms with van der Waals surface area (Å²) < 4.78 is 2.09. The molecule has 2 N–H and O–H groups in total. The molecule has 0 atom stereocenters. The molecule has 1 aliphatic heterocycles. The van der Waals surface area contributed by atoms with Crippen molar-refractivity contribution in [3.05, 3.63) is 48.0 Å². The molecule has 8 heteroatoms. The van der Waals surface area contributed by atoms with Gasteiger partial charge in [0.25, 0.3) is 0 Å². The average molecular weight is 413 g/mol. The first kappa shape index (κ1) is 22.2. The van der Waals surface area contributed by atoms with E-state index in [2.05, 4.69) is 79.4 Å². The van der Waals surface area contributed by atoms with Gasteiger partial charge in [0, 0.05) is 65.3 Å². The molecule has 164 valence electrons. The fourth-order valence-electron chi connectivity index (χ4n) is 3.69. The summed E-state index contributed by atoms with van der Waals surface area (Å²) in [5.74, 6) is 1.90. The van der Waals surface area contributed by atoms with E-state index in [1.807, 2.05) is 0 Å². The van der Waals surface area contributed by atoms with Gasteiger partial charge in [-0.2, -0.15) is 0 Å². The predicted molar refractivity (Wildman–Crippen MR) is 122 cm³/mol. The molecule has 8 nitrogen and oxygen atoms in total. The largest absolute Gasteiger partial charge is 0.357 e. The monoisotopic (exact) mass is 412 g/mol. The minimum Gasteiger partial charge on any atom is -0.357 e. The Morgan fingerprint density at radius 3 is 2.50 bits per heavy atom. The molecule has 0 aliphatic carbocycles. The van der Waals surface area contributed by atoms with Crippen LogP contribution in [-0.4, -0.2) is 82.9 Å². The van der Waals surface area contributed by atoms with Crippen molar-refractivity contribution >= 4 is 5.96 Å². The zero-order valence-electron chi connectivity index (χ0n) is 18.4. The minimum atomic E-state index is 0.801. The third-order valence-corrected chi connectivity index (χ3v) is 5.40. The number of aromatic nitrogens is 3. The van der Waals surface area contributed by atoms with Gasteiger partial charge in [-0.3, -0.25) is 14.8 Å². The lowest BCUT2D eigenvalue weighted by molar-refractivity contribution is 0.130. The fraction of sp³-hybridized carbons (Fsp3) is 0.591. The van der Waals surface area contributed by atoms with Crippen LogP contribution in [0.2, 0.25) is 0 Å². The Kier molecular flexibility index (Phi) is 9.11. The van der Waals surface area contributed by atoms with Crippen molar-refractivity contribution in [1.82, 2.24) is 35.2 Å². The third-order valence-electron chi connectivity index (χ3n) is 5.40. The number of aryl methyl sites for hydroxylation is 1. The highest BCUT2D eigenvalue weighted by Crippen LogP contribution is 2.08. The standard InChI is InChI=1S/C22H36N8/c1-3-21-27-26-19-30(21)13-11-25-22(23-4-2)24-10-12-28-14-16-29(17-15-28)18-20-8-6-5-7-9-20/h5-9,19H,3-4,10-18H2,1-2H3,(H2,23,24,25). The van der Waals surface area contributed by atoms with Crippen molar-refractivity contribution < 1.29 is 0 Å². The van der Waals surface area contributed by atoms with Gasteiger partial charge in [0.15, 0.2) is 5.96 Å². The second-order valence-electron chi connectivity index (χ2n) is 7.58. The van der Waals surface area contributed by atoms with E-state index in [1.54, 1.807) is 6.33 Å². The lowest BCUT2D eigenvalue weighted by Gasteiger charge is -2.34. The SMILES string of the molecule is CCNC(=NCCN1CCN(Cc2ccccc2)CC1)NCCn1cnnc1CC. The van der Waals surface area contributed by atoms with Crippen LogP contribution in [0.5, 0.6) is 0 Å². The van der Waals surface area contributed by atoms with Crippen molar-refractivity contribution in [2.24, 2.45) is 4.99 Å². The number of benzene rings is 1. The Labute approximate surface area is 180 Å². The molecule has 0 saturated carbocycles. The quantitative estimate of drug-likeness (QED) is 0.451. The van der Waals surface area contributed by atoms with E-state index >= 15 is 0 Å². The number of guanidine groups is 1. The minimum absolute atomic E-state index is 0.801. The molecule has 0 spiro atoms. The van der Waals surface area contributed by atoms with E-state index in [1.165, 1.54) is 5.56 Å². The number of rotatable bonds is 10. The molecule has 0 radical (unpaired) electrons. The average Bonchev–Trinajstić information content (AvgIpc) is 3.23. The Bertz CT molecular complexity index is 750. The Morgan fingerprint density at radius 1 is 1.00 bits per heavy atom. The highest BCUT2D eigenvalue weighted by atomic mass is 15.3. The number of aliphatic imine (C=N–C) groups is 1. The summed E-state index contributed by atoms with van der Waals surface area (Å²) in [6.07, 6.45) is 2.69. The molecule has 3 rings (SSSR count). The maximum Gasteiger partial charge on any atom is 0.191 e. The maximum absolute atomic E-state index is 4.75. The normalized spacial score (nSPS) is 16.0. The smallest absolute Gasteiger partial charge is 0.191 e. The summed E-state index contributed by atoms with van der Waals surface area (Å²) in [5, 5.41) is 14.9. The van der Waals surface area contributed by atoms with E-state index in [4.69, 9.17) is 4.99 Å². The lowest BCUT2D eigenvalue weighted by atomic mass is 10.2. The van der Waals surface area contributed by atoms with Gasteiger partial charge < -0.3 is 15.2 Å². The molecule has 0 amide bonds. The lowest BCUT2D eigenvalue weighted by Crippen LogP contribution is -2.46. The van der Waals surface area contributed by atoms with Crippen LogP contribution in [-0.2, 0) is 19.5 Å². The molecular formula is C22H36N8. The van der Waals surface area contributed by atoms with E-state index in [-0.39, 0.29) is 0 Å². The van der Waals surface area contributed by atoms with E-state index in [0.29, 0.717) is 0 Å². The van der Waals surface area contributed by atoms with Crippen LogP contribution in [0.1, 0.15) is 25.2 Å². The van der Waals surface area contributed by atoms with Gasteiger partial charge in [-0.15, -0.1) is 10.2 Å². The molecule has 1 aromatic heterocycles. The van der Waals surface area contributed by atoms with Crippen LogP contribution in [0.3, 0.4) is 0 Å². The van der Waals surface area contributed by atoms with Crippen molar-refractivity contribution in [3.63, 3.8) is 0 Å². The molecular weight excluding hydrogens is 376 g/mol. The van der Waals surface area contributed by atoms with Crippen molar-refractivity contribution in [2.45, 2.75) is 33.4 Å². The highest BCUT2D eigenvalue weighted by molar-refractivity contribution is 5.79. The molecule has 30 heavy (non-hydrogen) atoms. The molecule has 1 aromatic carbocycles. The topological polar surface area (TPSA) is 73.6 Å². The van der Waals surface area contributed by atoms with Crippen LogP contribution in [0.15, 0.2) is 41.7 Å². The second-order valence-corrected chi connectivity index (χ2v) is 7.58. The van der Waals surface area contributed by atoms with Crippen LogP contribution in [0.25, 0.3) is 0 Å². The van der Waals surface area contributed by atoms with Gasteiger partial charge in [-0.1, -0.05) is 37.3 Å². The van der Waals surface area contributed by atoms with Gasteiger partial charge in [0.2, 0.25) is 0 Å². The molecule has 2 aromatic rings. The zero-order chi connectivity index (χ0) is 21.0. The summed E-state index contributed by atoms with van der Waals surface area (Å²) in [5.41, 5.74) is 1.40. The van der Waals surface area contributed by atoms with Crippen molar-refractivity contribution in [2.75, 3.05) is 52.4 Å². The first-order chi connectivity index (χ1) is 14.8. The summed E-state index contributed by atoms with van der Waals surface area (Å²) >= 11 is 0. The molecule has 0 unspecified atom stereocenters. The second kappa shape index (κ2) is 12.3. The van der Waals surface area contributed by atoms with Gasteiger partial charge in [-0.05, 0) is 12.5 Å². The van der Waals surface area contributed by atoms with Crippen LogP contribution >= 0.6 is 0 Å². The maximum atomic E-state index is 4.75. The van der Waals surface area contributed by atoms with Gasteiger partial charge >= 0.3 is 0 Å². The number of nitrogens with zero attached hydrogens (tertiary/aromatic N) is 6. The Hall–Kier alpha value is -2.45. The third kappa shape index (κ3) is 7.11. The molecule has 0 bridgehead atoms. The number of hydrogen-bond acceptors (Lipinski definition) is 5. The first-order valence-electron chi connectivity index (χ1n) is 11.2. The van der Waals surface area contributed by atoms with Crippen LogP contribution < -0.4 is 10.6 Å². The molecule has 1 saturated heterocycles. The van der Waals surface area contributed by atoms with Crippen molar-refractivity contribution in [1.29, 1.82) is 0 Å². The molecule has 1 fully saturated rings. The first-order valence-corrected chi connectivity index (χ1v) is 11.2. The van der Waals surface area contributed by atoms with Crippen LogP contribution in [0, 0.1) is 0 Å². The van der Waals surface area contributed by atoms with E-state index in [0.717, 1.165) is 83.7 Å². The van der Waals surface area contributed by atoms with E-state index < -0.39 is 0 Å². The van der Waals surface area contributed by atoms with Gasteiger partial charge in [0.05, 0.1) is 6.54 Å². The number of nitrogens with one attached hydrogen (secondary N) is 2. The van der Waals surface area contributed by atoms with E-state index in [9.17, 15) is 0 Å². The fourth-order valence-corrected chi connectivity index (χ4v) is 3.69. The Morgan fingerprint density at radius 2 is 1.77 bits per heavy atom. The summed E-state index contributed by atoms with van der Waals surface area (Å²) in [7, 11) is 0.